The number of nitrogens with one attached hydrogen (secondary N) is 2. The van der Waals surface area contributed by atoms with Gasteiger partial charge >= 0.3 is 0 Å². The second-order valence-corrected chi connectivity index (χ2v) is 8.75. The minimum Gasteiger partial charge on any atom is -0.316 e. The molecule has 0 amide bonds. The summed E-state index contributed by atoms with van der Waals surface area (Å²) in [5.74, 6) is 0. The lowest BCUT2D eigenvalue weighted by atomic mass is 10.2. The molecule has 124 valence electrons. The zero-order valence-electron chi connectivity index (χ0n) is 13.3. The maximum absolute atomic E-state index is 11.4. The summed E-state index contributed by atoms with van der Waals surface area (Å²) in [4.78, 5) is 3.50. The number of sulfonamides is 1. The molecule has 0 fully saturated rings. The number of anilines is 1. The van der Waals surface area contributed by atoms with Gasteiger partial charge in [-0.2, -0.15) is 0 Å². The Balaban J connectivity index is 2.25. The van der Waals surface area contributed by atoms with Crippen LogP contribution in [0.5, 0.6) is 0 Å². The molecular formula is C16H20N2O2S3. The number of hydrogen-bond acceptors (Lipinski definition) is 5. The first kappa shape index (κ1) is 18.2. The molecule has 2 aromatic carbocycles. The molecule has 0 unspecified atom stereocenters. The Hall–Kier alpha value is -1.15. The predicted octanol–water partition coefficient (Wildman–Crippen LogP) is 3.65. The van der Waals surface area contributed by atoms with Gasteiger partial charge in [0, 0.05) is 26.9 Å². The number of hydrogen-bond donors (Lipinski definition) is 2. The number of benzene rings is 2. The zero-order chi connectivity index (χ0) is 16.9. The van der Waals surface area contributed by atoms with Crippen molar-refractivity contribution in [2.75, 3.05) is 24.3 Å². The predicted molar refractivity (Wildman–Crippen MR) is 100 cm³/mol. The molecule has 0 aromatic heterocycles. The largest absolute Gasteiger partial charge is 0.316 e. The monoisotopic (exact) mass is 368 g/mol. The van der Waals surface area contributed by atoms with Gasteiger partial charge in [-0.3, -0.25) is 4.72 Å². The van der Waals surface area contributed by atoms with E-state index in [1.165, 1.54) is 4.90 Å². The van der Waals surface area contributed by atoms with Crippen LogP contribution in [0.25, 0.3) is 0 Å². The third kappa shape index (κ3) is 5.76. The molecule has 0 saturated carbocycles. The van der Waals surface area contributed by atoms with Crippen molar-refractivity contribution < 1.29 is 8.42 Å². The van der Waals surface area contributed by atoms with Crippen molar-refractivity contribution in [3.63, 3.8) is 0 Å². The van der Waals surface area contributed by atoms with Crippen LogP contribution in [0.3, 0.4) is 0 Å². The normalized spacial score (nSPS) is 11.4. The third-order valence-electron chi connectivity index (χ3n) is 3.02. The molecule has 2 aromatic rings. The van der Waals surface area contributed by atoms with Crippen molar-refractivity contribution in [2.24, 2.45) is 0 Å². The molecule has 7 heteroatoms. The van der Waals surface area contributed by atoms with Crippen LogP contribution in [-0.2, 0) is 16.6 Å². The van der Waals surface area contributed by atoms with E-state index in [1.54, 1.807) is 29.6 Å². The van der Waals surface area contributed by atoms with Crippen molar-refractivity contribution in [3.05, 3.63) is 48.0 Å². The molecule has 2 N–H and O–H groups in total. The first-order valence-electron chi connectivity index (χ1n) is 6.98. The van der Waals surface area contributed by atoms with E-state index in [2.05, 4.69) is 40.6 Å². The Morgan fingerprint density at radius 3 is 2.26 bits per heavy atom. The van der Waals surface area contributed by atoms with Crippen LogP contribution in [0, 0.1) is 0 Å². The van der Waals surface area contributed by atoms with Gasteiger partial charge in [0.05, 0.1) is 6.26 Å². The fourth-order valence-corrected chi connectivity index (χ4v) is 3.94. The molecule has 0 radical (unpaired) electrons. The number of rotatable bonds is 7. The minimum atomic E-state index is -3.27. The summed E-state index contributed by atoms with van der Waals surface area (Å²) in [5, 5.41) is 3.12. The minimum absolute atomic E-state index is 0.583. The van der Waals surface area contributed by atoms with Crippen molar-refractivity contribution in [3.8, 4) is 0 Å². The molecule has 0 aliphatic heterocycles. The fourth-order valence-electron chi connectivity index (χ4n) is 2.06. The van der Waals surface area contributed by atoms with Gasteiger partial charge in [-0.25, -0.2) is 8.42 Å². The van der Waals surface area contributed by atoms with Gasteiger partial charge in [0.25, 0.3) is 0 Å². The Kier molecular flexibility index (Phi) is 6.41. The van der Waals surface area contributed by atoms with Gasteiger partial charge in [0.15, 0.2) is 0 Å². The highest BCUT2D eigenvalue weighted by atomic mass is 32.2. The average Bonchev–Trinajstić information content (AvgIpc) is 2.49. The Labute approximate surface area is 146 Å². The van der Waals surface area contributed by atoms with E-state index in [-0.39, 0.29) is 0 Å². The van der Waals surface area contributed by atoms with E-state index in [9.17, 15) is 8.42 Å². The van der Waals surface area contributed by atoms with Crippen LogP contribution in [0.15, 0.2) is 57.2 Å². The average molecular weight is 369 g/mol. The quantitative estimate of drug-likeness (QED) is 0.731. The van der Waals surface area contributed by atoms with E-state index in [0.29, 0.717) is 12.2 Å². The van der Waals surface area contributed by atoms with Crippen LogP contribution in [0.1, 0.15) is 5.56 Å². The van der Waals surface area contributed by atoms with Gasteiger partial charge < -0.3 is 5.32 Å². The standard InChI is InChI=1S/C16H20N2O2S3/c1-17-11-12-10-13(18-23(3,19)20)4-9-16(12)22-15-7-5-14(21-2)6-8-15/h4-10,17-18H,11H2,1-3H3. The molecule has 23 heavy (non-hydrogen) atoms. The SMILES string of the molecule is CNCc1cc(NS(C)(=O)=O)ccc1Sc1ccc(SC)cc1. The Morgan fingerprint density at radius 2 is 1.70 bits per heavy atom. The van der Waals surface area contributed by atoms with Gasteiger partial charge in [-0.15, -0.1) is 11.8 Å². The van der Waals surface area contributed by atoms with Gasteiger partial charge in [-0.05, 0) is 61.3 Å². The van der Waals surface area contributed by atoms with Gasteiger partial charge in [0.2, 0.25) is 10.0 Å². The van der Waals surface area contributed by atoms with E-state index in [4.69, 9.17) is 0 Å². The van der Waals surface area contributed by atoms with Crippen LogP contribution < -0.4 is 10.0 Å². The molecule has 0 aliphatic carbocycles. The lowest BCUT2D eigenvalue weighted by Gasteiger charge is -2.12. The maximum Gasteiger partial charge on any atom is 0.229 e. The summed E-state index contributed by atoms with van der Waals surface area (Å²) in [5.41, 5.74) is 1.64. The van der Waals surface area contributed by atoms with Crippen molar-refractivity contribution in [1.82, 2.24) is 5.32 Å². The maximum atomic E-state index is 11.4. The summed E-state index contributed by atoms with van der Waals surface area (Å²) in [6.45, 7) is 0.671. The second kappa shape index (κ2) is 8.10. The lowest BCUT2D eigenvalue weighted by Crippen LogP contribution is -2.11. The molecule has 0 spiro atoms. The van der Waals surface area contributed by atoms with E-state index >= 15 is 0 Å². The third-order valence-corrected chi connectivity index (χ3v) is 5.49. The first-order valence-corrected chi connectivity index (χ1v) is 10.9. The highest BCUT2D eigenvalue weighted by Crippen LogP contribution is 2.33. The molecule has 0 heterocycles. The zero-order valence-corrected chi connectivity index (χ0v) is 15.7. The van der Waals surface area contributed by atoms with E-state index < -0.39 is 10.0 Å². The topological polar surface area (TPSA) is 58.2 Å². The van der Waals surface area contributed by atoms with Crippen molar-refractivity contribution in [2.45, 2.75) is 21.2 Å². The molecule has 4 nitrogen and oxygen atoms in total. The van der Waals surface area contributed by atoms with Crippen molar-refractivity contribution >= 4 is 39.2 Å². The van der Waals surface area contributed by atoms with Crippen LogP contribution >= 0.6 is 23.5 Å². The smallest absolute Gasteiger partial charge is 0.229 e. The lowest BCUT2D eigenvalue weighted by molar-refractivity contribution is 0.607. The first-order chi connectivity index (χ1) is 10.9. The fraction of sp³-hybridized carbons (Fsp3) is 0.250. The molecule has 0 aliphatic rings. The van der Waals surface area contributed by atoms with Crippen LogP contribution in [0.4, 0.5) is 5.69 Å². The Bertz CT molecular complexity index is 759. The van der Waals surface area contributed by atoms with Crippen LogP contribution in [0.2, 0.25) is 0 Å². The molecule has 0 saturated heterocycles. The number of thioether (sulfide) groups is 1. The van der Waals surface area contributed by atoms with Crippen molar-refractivity contribution in [1.29, 1.82) is 0 Å². The highest BCUT2D eigenvalue weighted by molar-refractivity contribution is 7.99. The van der Waals surface area contributed by atoms with E-state index in [0.717, 1.165) is 21.6 Å². The molecular weight excluding hydrogens is 348 g/mol. The van der Waals surface area contributed by atoms with E-state index in [1.807, 2.05) is 19.2 Å². The van der Waals surface area contributed by atoms with Gasteiger partial charge in [0.1, 0.15) is 0 Å². The summed E-state index contributed by atoms with van der Waals surface area (Å²) >= 11 is 3.39. The summed E-state index contributed by atoms with van der Waals surface area (Å²) in [6.07, 6.45) is 3.21. The molecule has 2 rings (SSSR count). The molecule has 0 bridgehead atoms. The molecule has 0 atom stereocenters. The second-order valence-electron chi connectivity index (χ2n) is 5.00. The summed E-state index contributed by atoms with van der Waals surface area (Å²) in [7, 11) is -1.39. The summed E-state index contributed by atoms with van der Waals surface area (Å²) < 4.78 is 25.3. The van der Waals surface area contributed by atoms with Gasteiger partial charge in [-0.1, -0.05) is 11.8 Å². The van der Waals surface area contributed by atoms with Crippen LogP contribution in [-0.4, -0.2) is 28.0 Å². The highest BCUT2D eigenvalue weighted by Gasteiger charge is 2.08. The summed E-state index contributed by atoms with van der Waals surface area (Å²) in [6, 6.07) is 14.0. The Morgan fingerprint density at radius 1 is 1.04 bits per heavy atom.